The molecule has 0 bridgehead atoms. The fraction of sp³-hybridized carbons (Fsp3) is 0.500. The third-order valence-corrected chi connectivity index (χ3v) is 3.03. The Kier molecular flexibility index (Phi) is 6.90. The van der Waals surface area contributed by atoms with Crippen LogP contribution in [0.25, 0.3) is 0 Å². The SMILES string of the molecule is COCCCN(CCOC)c1cc(C(=O)O)c(N)cc1F. The number of aromatic carboxylic acids is 1. The van der Waals surface area contributed by atoms with Crippen LogP contribution in [0.5, 0.6) is 0 Å². The van der Waals surface area contributed by atoms with Crippen LogP contribution in [-0.2, 0) is 9.47 Å². The van der Waals surface area contributed by atoms with E-state index in [-0.39, 0.29) is 16.9 Å². The molecular formula is C14H21FN2O4. The van der Waals surface area contributed by atoms with Crippen molar-refractivity contribution in [1.29, 1.82) is 0 Å². The molecule has 0 saturated heterocycles. The van der Waals surface area contributed by atoms with Gasteiger partial charge in [-0.3, -0.25) is 0 Å². The monoisotopic (exact) mass is 300 g/mol. The molecule has 0 amide bonds. The molecule has 1 rings (SSSR count). The van der Waals surface area contributed by atoms with Gasteiger partial charge in [-0.15, -0.1) is 0 Å². The molecule has 0 aromatic heterocycles. The zero-order valence-corrected chi connectivity index (χ0v) is 12.3. The molecule has 0 aliphatic rings. The maximum absolute atomic E-state index is 14.1. The minimum Gasteiger partial charge on any atom is -0.478 e. The van der Waals surface area contributed by atoms with Gasteiger partial charge in [-0.2, -0.15) is 0 Å². The number of anilines is 2. The van der Waals surface area contributed by atoms with Gasteiger partial charge in [-0.05, 0) is 18.6 Å². The van der Waals surface area contributed by atoms with Crippen molar-refractivity contribution >= 4 is 17.3 Å². The summed E-state index contributed by atoms with van der Waals surface area (Å²) in [5, 5.41) is 9.09. The van der Waals surface area contributed by atoms with E-state index in [1.54, 1.807) is 19.1 Å². The topological polar surface area (TPSA) is 85.0 Å². The lowest BCUT2D eigenvalue weighted by Crippen LogP contribution is -2.30. The number of methoxy groups -OCH3 is 2. The highest BCUT2D eigenvalue weighted by molar-refractivity contribution is 5.95. The van der Waals surface area contributed by atoms with Crippen LogP contribution in [-0.4, -0.2) is 51.6 Å². The molecule has 0 atom stereocenters. The molecular weight excluding hydrogens is 279 g/mol. The van der Waals surface area contributed by atoms with Crippen LogP contribution in [0, 0.1) is 5.82 Å². The van der Waals surface area contributed by atoms with Gasteiger partial charge in [-0.1, -0.05) is 0 Å². The van der Waals surface area contributed by atoms with E-state index in [0.717, 1.165) is 6.07 Å². The largest absolute Gasteiger partial charge is 0.478 e. The van der Waals surface area contributed by atoms with Gasteiger partial charge in [0.15, 0.2) is 0 Å². The van der Waals surface area contributed by atoms with Crippen LogP contribution < -0.4 is 10.6 Å². The highest BCUT2D eigenvalue weighted by atomic mass is 19.1. The second-order valence-corrected chi connectivity index (χ2v) is 4.52. The third-order valence-electron chi connectivity index (χ3n) is 3.03. The van der Waals surface area contributed by atoms with Gasteiger partial charge in [0.1, 0.15) is 5.82 Å². The number of rotatable bonds is 9. The van der Waals surface area contributed by atoms with E-state index >= 15 is 0 Å². The fourth-order valence-corrected chi connectivity index (χ4v) is 1.96. The van der Waals surface area contributed by atoms with Gasteiger partial charge >= 0.3 is 5.97 Å². The Bertz CT molecular complexity index is 482. The second-order valence-electron chi connectivity index (χ2n) is 4.52. The number of carboxylic acid groups (broad SMARTS) is 1. The lowest BCUT2D eigenvalue weighted by atomic mass is 10.1. The summed E-state index contributed by atoms with van der Waals surface area (Å²) >= 11 is 0. The average Bonchev–Trinajstić information content (AvgIpc) is 2.43. The van der Waals surface area contributed by atoms with Crippen molar-refractivity contribution in [3.05, 3.63) is 23.5 Å². The number of hydrogen-bond donors (Lipinski definition) is 2. The van der Waals surface area contributed by atoms with E-state index in [9.17, 15) is 9.18 Å². The van der Waals surface area contributed by atoms with Crippen molar-refractivity contribution in [2.75, 3.05) is 51.2 Å². The van der Waals surface area contributed by atoms with Crippen LogP contribution in [0.1, 0.15) is 16.8 Å². The number of nitrogens with two attached hydrogens (primary N) is 1. The molecule has 0 heterocycles. The van der Waals surface area contributed by atoms with Crippen molar-refractivity contribution in [1.82, 2.24) is 0 Å². The van der Waals surface area contributed by atoms with E-state index in [1.165, 1.54) is 6.07 Å². The first-order valence-corrected chi connectivity index (χ1v) is 6.56. The third kappa shape index (κ3) is 4.87. The Morgan fingerprint density at radius 1 is 1.29 bits per heavy atom. The molecule has 6 nitrogen and oxygen atoms in total. The molecule has 0 unspecified atom stereocenters. The molecule has 0 spiro atoms. The van der Waals surface area contributed by atoms with Gasteiger partial charge in [0, 0.05) is 39.6 Å². The van der Waals surface area contributed by atoms with E-state index in [0.29, 0.717) is 32.7 Å². The average molecular weight is 300 g/mol. The Balaban J connectivity index is 3.03. The summed E-state index contributed by atoms with van der Waals surface area (Å²) in [4.78, 5) is 12.8. The van der Waals surface area contributed by atoms with Crippen LogP contribution in [0.15, 0.2) is 12.1 Å². The number of carbonyl (C=O) groups is 1. The predicted molar refractivity (Wildman–Crippen MR) is 78.4 cm³/mol. The summed E-state index contributed by atoms with van der Waals surface area (Å²) < 4.78 is 24.1. The number of carboxylic acids is 1. The normalized spacial score (nSPS) is 10.6. The number of benzene rings is 1. The molecule has 0 aliphatic carbocycles. The minimum atomic E-state index is -1.18. The quantitative estimate of drug-likeness (QED) is 0.532. The number of ether oxygens (including phenoxy) is 2. The van der Waals surface area contributed by atoms with E-state index in [1.807, 2.05) is 0 Å². The number of nitrogens with zero attached hydrogens (tertiary/aromatic N) is 1. The first-order chi connectivity index (χ1) is 10.0. The Morgan fingerprint density at radius 2 is 1.95 bits per heavy atom. The summed E-state index contributed by atoms with van der Waals surface area (Å²) in [6, 6.07) is 2.30. The molecule has 21 heavy (non-hydrogen) atoms. The summed E-state index contributed by atoms with van der Waals surface area (Å²) in [6.45, 7) is 1.91. The molecule has 0 radical (unpaired) electrons. The minimum absolute atomic E-state index is 0.0904. The summed E-state index contributed by atoms with van der Waals surface area (Å²) in [5.74, 6) is -1.73. The van der Waals surface area contributed by atoms with Crippen molar-refractivity contribution in [2.45, 2.75) is 6.42 Å². The van der Waals surface area contributed by atoms with Crippen LogP contribution in [0.4, 0.5) is 15.8 Å². The van der Waals surface area contributed by atoms with Gasteiger partial charge in [0.25, 0.3) is 0 Å². The Morgan fingerprint density at radius 3 is 2.52 bits per heavy atom. The van der Waals surface area contributed by atoms with Crippen molar-refractivity contribution in [3.63, 3.8) is 0 Å². The van der Waals surface area contributed by atoms with E-state index in [4.69, 9.17) is 20.3 Å². The Labute approximate surface area is 123 Å². The maximum atomic E-state index is 14.1. The zero-order chi connectivity index (χ0) is 15.8. The molecule has 0 aliphatic heterocycles. The standard InChI is InChI=1S/C14H21FN2O4/c1-20-6-3-4-17(5-7-21-2)13-8-10(14(18)19)12(16)9-11(13)15/h8-9H,3-7,16H2,1-2H3,(H,18,19). The maximum Gasteiger partial charge on any atom is 0.337 e. The van der Waals surface area contributed by atoms with Gasteiger partial charge in [-0.25, -0.2) is 9.18 Å². The molecule has 3 N–H and O–H groups in total. The van der Waals surface area contributed by atoms with E-state index in [2.05, 4.69) is 0 Å². The molecule has 7 heteroatoms. The molecule has 118 valence electrons. The molecule has 0 fully saturated rings. The van der Waals surface area contributed by atoms with Gasteiger partial charge in [0.2, 0.25) is 0 Å². The summed E-state index contributed by atoms with van der Waals surface area (Å²) in [6.07, 6.45) is 0.687. The van der Waals surface area contributed by atoms with Crippen molar-refractivity contribution < 1.29 is 23.8 Å². The summed E-state index contributed by atoms with van der Waals surface area (Å²) in [5.41, 5.74) is 5.53. The molecule has 0 saturated carbocycles. The van der Waals surface area contributed by atoms with Gasteiger partial charge < -0.3 is 25.2 Å². The number of halogens is 1. The molecule has 1 aromatic carbocycles. The first-order valence-electron chi connectivity index (χ1n) is 6.56. The van der Waals surface area contributed by atoms with Crippen molar-refractivity contribution in [3.8, 4) is 0 Å². The van der Waals surface area contributed by atoms with Gasteiger partial charge in [0.05, 0.1) is 17.9 Å². The summed E-state index contributed by atoms with van der Waals surface area (Å²) in [7, 11) is 3.14. The Hall–Kier alpha value is -1.86. The fourth-order valence-electron chi connectivity index (χ4n) is 1.96. The number of hydrogen-bond acceptors (Lipinski definition) is 5. The lowest BCUT2D eigenvalue weighted by molar-refractivity contribution is 0.0698. The lowest BCUT2D eigenvalue weighted by Gasteiger charge is -2.25. The zero-order valence-electron chi connectivity index (χ0n) is 12.3. The van der Waals surface area contributed by atoms with Crippen molar-refractivity contribution in [2.24, 2.45) is 0 Å². The predicted octanol–water partition coefficient (Wildman–Crippen LogP) is 1.60. The van der Waals surface area contributed by atoms with Crippen LogP contribution >= 0.6 is 0 Å². The first kappa shape index (κ1) is 17.2. The smallest absolute Gasteiger partial charge is 0.337 e. The highest BCUT2D eigenvalue weighted by Crippen LogP contribution is 2.26. The second kappa shape index (κ2) is 8.43. The van der Waals surface area contributed by atoms with E-state index < -0.39 is 11.8 Å². The highest BCUT2D eigenvalue weighted by Gasteiger charge is 2.17. The van der Waals surface area contributed by atoms with Crippen LogP contribution in [0.2, 0.25) is 0 Å². The molecule has 1 aromatic rings. The number of nitrogen functional groups attached to an aromatic ring is 1. The van der Waals surface area contributed by atoms with Crippen LogP contribution in [0.3, 0.4) is 0 Å².